The van der Waals surface area contributed by atoms with E-state index < -0.39 is 6.10 Å². The van der Waals surface area contributed by atoms with Gasteiger partial charge >= 0.3 is 0 Å². The summed E-state index contributed by atoms with van der Waals surface area (Å²) < 4.78 is 5.88. The summed E-state index contributed by atoms with van der Waals surface area (Å²) in [5, 5.41) is 0.744. The van der Waals surface area contributed by atoms with Gasteiger partial charge in [0.05, 0.1) is 0 Å². The van der Waals surface area contributed by atoms with Crippen molar-refractivity contribution in [2.24, 2.45) is 0 Å². The largest absolute Gasteiger partial charge is 0.481 e. The topological polar surface area (TPSA) is 29.5 Å². The fourth-order valence-corrected chi connectivity index (χ4v) is 3.28. The summed E-state index contributed by atoms with van der Waals surface area (Å²) >= 11 is 6.19. The molecule has 3 nitrogen and oxygen atoms in total. The number of hydrogen-bond donors (Lipinski definition) is 0. The van der Waals surface area contributed by atoms with Gasteiger partial charge in [0, 0.05) is 18.1 Å². The number of halogens is 1. The van der Waals surface area contributed by atoms with Gasteiger partial charge in [0.2, 0.25) is 0 Å². The Morgan fingerprint density at radius 1 is 1.17 bits per heavy atom. The molecule has 0 radical (unpaired) electrons. The third kappa shape index (κ3) is 3.41. The molecule has 0 bridgehead atoms. The number of fused-ring (bicyclic) bond motifs is 1. The van der Waals surface area contributed by atoms with Gasteiger partial charge in [-0.2, -0.15) is 0 Å². The van der Waals surface area contributed by atoms with Crippen molar-refractivity contribution in [1.29, 1.82) is 0 Å². The highest BCUT2D eigenvalue weighted by molar-refractivity contribution is 6.32. The monoisotopic (exact) mass is 343 g/mol. The highest BCUT2D eigenvalue weighted by Gasteiger charge is 2.25. The highest BCUT2D eigenvalue weighted by atomic mass is 35.5. The standard InChI is InChI=1S/C20H22ClNO2/c1-13-10-18(11-14(2)19(13)21)24-15(3)20(23)22-9-8-16-6-4-5-7-17(16)12-22/h4-7,10-11,15H,8-9,12H2,1-3H3. The molecule has 0 saturated heterocycles. The first kappa shape index (κ1) is 16.8. The molecule has 2 aromatic carbocycles. The normalized spacial score (nSPS) is 14.9. The lowest BCUT2D eigenvalue weighted by atomic mass is 9.99. The smallest absolute Gasteiger partial charge is 0.263 e. The van der Waals surface area contributed by atoms with Crippen molar-refractivity contribution in [1.82, 2.24) is 4.90 Å². The average molecular weight is 344 g/mol. The van der Waals surface area contributed by atoms with E-state index in [-0.39, 0.29) is 5.91 Å². The number of aryl methyl sites for hydroxylation is 2. The average Bonchev–Trinajstić information content (AvgIpc) is 2.58. The predicted molar refractivity (Wildman–Crippen MR) is 96.6 cm³/mol. The van der Waals surface area contributed by atoms with Crippen LogP contribution in [0.2, 0.25) is 5.02 Å². The van der Waals surface area contributed by atoms with Crippen LogP contribution in [0, 0.1) is 13.8 Å². The second-order valence-electron chi connectivity index (χ2n) is 6.41. The number of carbonyl (C=O) groups excluding carboxylic acids is 1. The third-order valence-corrected chi connectivity index (χ3v) is 5.11. The summed E-state index contributed by atoms with van der Waals surface area (Å²) in [5.74, 6) is 0.711. The molecule has 1 unspecified atom stereocenters. The summed E-state index contributed by atoms with van der Waals surface area (Å²) in [6.45, 7) is 7.08. The van der Waals surface area contributed by atoms with Crippen LogP contribution in [0.4, 0.5) is 0 Å². The maximum Gasteiger partial charge on any atom is 0.263 e. The Kier molecular flexibility index (Phi) is 4.81. The first-order valence-corrected chi connectivity index (χ1v) is 8.62. The lowest BCUT2D eigenvalue weighted by Gasteiger charge is -2.31. The first-order valence-electron chi connectivity index (χ1n) is 8.24. The predicted octanol–water partition coefficient (Wildman–Crippen LogP) is 4.31. The molecule has 24 heavy (non-hydrogen) atoms. The lowest BCUT2D eigenvalue weighted by Crippen LogP contribution is -2.43. The van der Waals surface area contributed by atoms with E-state index in [1.165, 1.54) is 11.1 Å². The number of ether oxygens (including phenoxy) is 1. The van der Waals surface area contributed by atoms with E-state index in [2.05, 4.69) is 12.1 Å². The van der Waals surface area contributed by atoms with Crippen molar-refractivity contribution in [3.8, 4) is 5.75 Å². The summed E-state index contributed by atoms with van der Waals surface area (Å²) in [6.07, 6.45) is 0.378. The minimum Gasteiger partial charge on any atom is -0.481 e. The van der Waals surface area contributed by atoms with Crippen molar-refractivity contribution in [2.75, 3.05) is 6.54 Å². The van der Waals surface area contributed by atoms with Gasteiger partial charge in [-0.3, -0.25) is 4.79 Å². The fourth-order valence-electron chi connectivity index (χ4n) is 3.17. The van der Waals surface area contributed by atoms with Crippen LogP contribution in [0.3, 0.4) is 0 Å². The molecule has 0 aromatic heterocycles. The van der Waals surface area contributed by atoms with Gasteiger partial charge < -0.3 is 9.64 Å². The minimum absolute atomic E-state index is 0.0229. The van der Waals surface area contributed by atoms with E-state index in [0.717, 1.165) is 29.1 Å². The quantitative estimate of drug-likeness (QED) is 0.831. The van der Waals surface area contributed by atoms with Crippen LogP contribution in [0.5, 0.6) is 5.75 Å². The molecule has 0 aliphatic carbocycles. The molecule has 126 valence electrons. The second kappa shape index (κ2) is 6.86. The van der Waals surface area contributed by atoms with Crippen molar-refractivity contribution in [3.63, 3.8) is 0 Å². The molecule has 0 spiro atoms. The highest BCUT2D eigenvalue weighted by Crippen LogP contribution is 2.27. The van der Waals surface area contributed by atoms with E-state index in [0.29, 0.717) is 12.3 Å². The molecule has 0 saturated carbocycles. The number of carbonyl (C=O) groups is 1. The van der Waals surface area contributed by atoms with Crippen LogP contribution in [0.15, 0.2) is 36.4 Å². The van der Waals surface area contributed by atoms with Gasteiger partial charge in [0.25, 0.3) is 5.91 Å². The van der Waals surface area contributed by atoms with Crippen LogP contribution in [0.25, 0.3) is 0 Å². The van der Waals surface area contributed by atoms with Gasteiger partial charge in [0.15, 0.2) is 6.10 Å². The summed E-state index contributed by atoms with van der Waals surface area (Å²) in [4.78, 5) is 14.6. The molecule has 1 aliphatic heterocycles. The minimum atomic E-state index is -0.518. The van der Waals surface area contributed by atoms with E-state index >= 15 is 0 Å². The number of nitrogens with zero attached hydrogens (tertiary/aromatic N) is 1. The van der Waals surface area contributed by atoms with Crippen LogP contribution in [-0.2, 0) is 17.8 Å². The molecule has 1 amide bonds. The number of rotatable bonds is 3. The fraction of sp³-hybridized carbons (Fsp3) is 0.350. The Balaban J connectivity index is 1.70. The molecule has 1 aliphatic rings. The number of hydrogen-bond acceptors (Lipinski definition) is 2. The third-order valence-electron chi connectivity index (χ3n) is 4.51. The maximum absolute atomic E-state index is 12.7. The zero-order valence-electron chi connectivity index (χ0n) is 14.3. The molecule has 0 N–H and O–H groups in total. The molecule has 3 rings (SSSR count). The van der Waals surface area contributed by atoms with Gasteiger partial charge in [-0.1, -0.05) is 35.9 Å². The Hall–Kier alpha value is -2.00. The van der Waals surface area contributed by atoms with Crippen molar-refractivity contribution in [3.05, 3.63) is 63.7 Å². The molecular formula is C20H22ClNO2. The number of benzene rings is 2. The van der Waals surface area contributed by atoms with Crippen LogP contribution < -0.4 is 4.74 Å². The Morgan fingerprint density at radius 2 is 1.79 bits per heavy atom. The second-order valence-corrected chi connectivity index (χ2v) is 6.79. The van der Waals surface area contributed by atoms with Gasteiger partial charge in [-0.15, -0.1) is 0 Å². The zero-order chi connectivity index (χ0) is 17.3. The molecular weight excluding hydrogens is 322 g/mol. The molecule has 1 atom stereocenters. The molecule has 0 fully saturated rings. The van der Waals surface area contributed by atoms with Gasteiger partial charge in [-0.05, 0) is 61.6 Å². The van der Waals surface area contributed by atoms with Crippen molar-refractivity contribution < 1.29 is 9.53 Å². The van der Waals surface area contributed by atoms with Gasteiger partial charge in [-0.25, -0.2) is 0 Å². The number of amides is 1. The molecule has 1 heterocycles. The lowest BCUT2D eigenvalue weighted by molar-refractivity contribution is -0.138. The molecule has 4 heteroatoms. The maximum atomic E-state index is 12.7. The van der Waals surface area contributed by atoms with Crippen molar-refractivity contribution >= 4 is 17.5 Å². The van der Waals surface area contributed by atoms with E-state index in [1.54, 1.807) is 0 Å². The van der Waals surface area contributed by atoms with Crippen LogP contribution in [-0.4, -0.2) is 23.5 Å². The summed E-state index contributed by atoms with van der Waals surface area (Å²) in [7, 11) is 0. The zero-order valence-corrected chi connectivity index (χ0v) is 15.1. The Bertz CT molecular complexity index is 749. The Morgan fingerprint density at radius 3 is 2.46 bits per heavy atom. The van der Waals surface area contributed by atoms with Crippen molar-refractivity contribution in [2.45, 2.75) is 39.8 Å². The van der Waals surface area contributed by atoms with E-state index in [4.69, 9.17) is 16.3 Å². The molecule has 2 aromatic rings. The van der Waals surface area contributed by atoms with E-state index in [9.17, 15) is 4.79 Å². The Labute approximate surface area is 148 Å². The summed E-state index contributed by atoms with van der Waals surface area (Å²) in [6, 6.07) is 12.1. The first-order chi connectivity index (χ1) is 11.5. The van der Waals surface area contributed by atoms with Crippen LogP contribution >= 0.6 is 11.6 Å². The van der Waals surface area contributed by atoms with E-state index in [1.807, 2.05) is 49.9 Å². The van der Waals surface area contributed by atoms with Crippen LogP contribution in [0.1, 0.15) is 29.2 Å². The SMILES string of the molecule is Cc1cc(OC(C)C(=O)N2CCc3ccccc3C2)cc(C)c1Cl. The van der Waals surface area contributed by atoms with Gasteiger partial charge in [0.1, 0.15) is 5.75 Å². The summed E-state index contributed by atoms with van der Waals surface area (Å²) in [5.41, 5.74) is 4.47.